The number of ketones is 1. The summed E-state index contributed by atoms with van der Waals surface area (Å²) in [6, 6.07) is 13.7. The molecule has 0 spiro atoms. The molecule has 2 aromatic carbocycles. The lowest BCUT2D eigenvalue weighted by molar-refractivity contribution is 0.0786. The minimum atomic E-state index is -0.861. The van der Waals surface area contributed by atoms with Gasteiger partial charge in [-0.25, -0.2) is 4.98 Å². The lowest BCUT2D eigenvalue weighted by atomic mass is 10.0. The van der Waals surface area contributed by atoms with Crippen molar-refractivity contribution >= 4 is 29.0 Å². The molecule has 0 aliphatic carbocycles. The third-order valence-corrected chi connectivity index (χ3v) is 3.80. The second kappa shape index (κ2) is 7.43. The summed E-state index contributed by atoms with van der Waals surface area (Å²) in [4.78, 5) is 20.8. The Labute approximate surface area is 149 Å². The molecule has 0 saturated heterocycles. The smallest absolute Gasteiger partial charge is 0.227 e. The molecule has 3 rings (SSSR count). The van der Waals surface area contributed by atoms with E-state index in [0.29, 0.717) is 21.4 Å². The molecule has 0 fully saturated rings. The van der Waals surface area contributed by atoms with E-state index >= 15 is 0 Å². The fraction of sp³-hybridized carbons (Fsp3) is 0.0556. The third kappa shape index (κ3) is 3.91. The van der Waals surface area contributed by atoms with Gasteiger partial charge in [-0.05, 0) is 36.4 Å². The van der Waals surface area contributed by atoms with Crippen LogP contribution in [0.2, 0.25) is 10.0 Å². The predicted octanol–water partition coefficient (Wildman–Crippen LogP) is 4.79. The number of halogens is 2. The zero-order valence-corrected chi connectivity index (χ0v) is 13.9. The van der Waals surface area contributed by atoms with Gasteiger partial charge < -0.3 is 4.74 Å². The van der Waals surface area contributed by atoms with Crippen molar-refractivity contribution in [2.45, 2.75) is 6.10 Å². The second-order valence-corrected chi connectivity index (χ2v) is 5.83. The topological polar surface area (TPSA) is 52.1 Å². The number of carbonyl (C=O) groups is 1. The molecule has 1 unspecified atom stereocenters. The van der Waals surface area contributed by atoms with Crippen molar-refractivity contribution in [1.29, 1.82) is 0 Å². The normalized spacial score (nSPS) is 11.8. The Hall–Kier alpha value is -2.43. The van der Waals surface area contributed by atoms with Gasteiger partial charge >= 0.3 is 0 Å². The van der Waals surface area contributed by atoms with Crippen LogP contribution in [0.3, 0.4) is 0 Å². The van der Waals surface area contributed by atoms with Gasteiger partial charge in [0.05, 0.1) is 6.20 Å². The average Bonchev–Trinajstić information content (AvgIpc) is 2.62. The van der Waals surface area contributed by atoms with Crippen molar-refractivity contribution in [3.63, 3.8) is 0 Å². The second-order valence-electron chi connectivity index (χ2n) is 4.96. The van der Waals surface area contributed by atoms with Gasteiger partial charge in [0.15, 0.2) is 6.10 Å². The Morgan fingerprint density at radius 2 is 1.54 bits per heavy atom. The van der Waals surface area contributed by atoms with Crippen LogP contribution in [0.5, 0.6) is 5.75 Å². The molecular formula is C18H12Cl2N2O2. The van der Waals surface area contributed by atoms with E-state index in [1.807, 2.05) is 0 Å². The van der Waals surface area contributed by atoms with Gasteiger partial charge in [0.25, 0.3) is 0 Å². The number of rotatable bonds is 5. The van der Waals surface area contributed by atoms with Gasteiger partial charge in [0.1, 0.15) is 11.4 Å². The van der Waals surface area contributed by atoms with Crippen LogP contribution in [0, 0.1) is 0 Å². The first-order chi connectivity index (χ1) is 11.6. The highest BCUT2D eigenvalue weighted by Crippen LogP contribution is 2.27. The highest BCUT2D eigenvalue weighted by Gasteiger charge is 2.25. The van der Waals surface area contributed by atoms with Gasteiger partial charge in [0.2, 0.25) is 5.78 Å². The molecule has 6 heteroatoms. The Morgan fingerprint density at radius 1 is 0.917 bits per heavy atom. The van der Waals surface area contributed by atoms with Crippen LogP contribution in [-0.2, 0) is 0 Å². The van der Waals surface area contributed by atoms with Gasteiger partial charge in [-0.2, -0.15) is 0 Å². The van der Waals surface area contributed by atoms with Crippen LogP contribution in [0.15, 0.2) is 67.1 Å². The molecule has 4 nitrogen and oxygen atoms in total. The molecule has 1 atom stereocenters. The molecule has 0 aliphatic heterocycles. The summed E-state index contributed by atoms with van der Waals surface area (Å²) >= 11 is 11.8. The molecule has 3 aromatic rings. The molecule has 120 valence electrons. The van der Waals surface area contributed by atoms with E-state index in [1.54, 1.807) is 48.5 Å². The van der Waals surface area contributed by atoms with E-state index in [1.165, 1.54) is 18.6 Å². The minimum Gasteiger partial charge on any atom is -0.477 e. The van der Waals surface area contributed by atoms with Crippen molar-refractivity contribution in [3.05, 3.63) is 88.4 Å². The summed E-state index contributed by atoms with van der Waals surface area (Å²) in [6.45, 7) is 0. The van der Waals surface area contributed by atoms with E-state index in [-0.39, 0.29) is 11.5 Å². The summed E-state index contributed by atoms with van der Waals surface area (Å²) in [7, 11) is 0. The Balaban J connectivity index is 1.95. The maximum absolute atomic E-state index is 12.8. The number of benzene rings is 2. The molecule has 0 amide bonds. The number of hydrogen-bond acceptors (Lipinski definition) is 4. The average molecular weight is 359 g/mol. The van der Waals surface area contributed by atoms with E-state index < -0.39 is 6.10 Å². The number of carbonyl (C=O) groups excluding carboxylic acids is 1. The summed E-state index contributed by atoms with van der Waals surface area (Å²) < 4.78 is 5.89. The van der Waals surface area contributed by atoms with Crippen LogP contribution in [0.4, 0.5) is 0 Å². The summed E-state index contributed by atoms with van der Waals surface area (Å²) in [5, 5.41) is 1.17. The molecule has 1 heterocycles. The predicted molar refractivity (Wildman–Crippen MR) is 92.6 cm³/mol. The lowest BCUT2D eigenvalue weighted by Gasteiger charge is -2.18. The van der Waals surface area contributed by atoms with E-state index in [4.69, 9.17) is 27.9 Å². The van der Waals surface area contributed by atoms with Crippen LogP contribution < -0.4 is 4.74 Å². The molecule has 24 heavy (non-hydrogen) atoms. The van der Waals surface area contributed by atoms with E-state index in [0.717, 1.165) is 0 Å². The SMILES string of the molecule is O=C(c1cnccn1)C(Oc1ccc(Cl)cc1)c1ccc(Cl)cc1. The summed E-state index contributed by atoms with van der Waals surface area (Å²) in [6.07, 6.45) is 3.53. The molecule has 1 aromatic heterocycles. The van der Waals surface area contributed by atoms with Crippen LogP contribution in [-0.4, -0.2) is 15.8 Å². The number of ether oxygens (including phenoxy) is 1. The molecule has 0 radical (unpaired) electrons. The van der Waals surface area contributed by atoms with Crippen LogP contribution in [0.25, 0.3) is 0 Å². The van der Waals surface area contributed by atoms with Crippen molar-refractivity contribution in [2.24, 2.45) is 0 Å². The summed E-state index contributed by atoms with van der Waals surface area (Å²) in [5.41, 5.74) is 0.899. The van der Waals surface area contributed by atoms with E-state index in [2.05, 4.69) is 9.97 Å². The fourth-order valence-electron chi connectivity index (χ4n) is 2.12. The first-order valence-electron chi connectivity index (χ1n) is 7.11. The van der Waals surface area contributed by atoms with Crippen molar-refractivity contribution in [3.8, 4) is 5.75 Å². The zero-order valence-electron chi connectivity index (χ0n) is 12.4. The van der Waals surface area contributed by atoms with Crippen molar-refractivity contribution in [2.75, 3.05) is 0 Å². The maximum atomic E-state index is 12.8. The van der Waals surface area contributed by atoms with Crippen LogP contribution in [0.1, 0.15) is 22.2 Å². The quantitative estimate of drug-likeness (QED) is 0.615. The maximum Gasteiger partial charge on any atom is 0.227 e. The zero-order chi connectivity index (χ0) is 16.9. The highest BCUT2D eigenvalue weighted by atomic mass is 35.5. The fourth-order valence-corrected chi connectivity index (χ4v) is 2.37. The van der Waals surface area contributed by atoms with Crippen molar-refractivity contribution < 1.29 is 9.53 Å². The van der Waals surface area contributed by atoms with Gasteiger partial charge in [-0.1, -0.05) is 35.3 Å². The highest BCUT2D eigenvalue weighted by molar-refractivity contribution is 6.30. The largest absolute Gasteiger partial charge is 0.477 e. The van der Waals surface area contributed by atoms with Crippen LogP contribution >= 0.6 is 23.2 Å². The lowest BCUT2D eigenvalue weighted by Crippen LogP contribution is -2.20. The minimum absolute atomic E-state index is 0.228. The van der Waals surface area contributed by atoms with Crippen molar-refractivity contribution in [1.82, 2.24) is 9.97 Å². The van der Waals surface area contributed by atoms with Gasteiger partial charge in [-0.3, -0.25) is 9.78 Å². The molecule has 0 N–H and O–H groups in total. The molecule has 0 aliphatic rings. The summed E-state index contributed by atoms with van der Waals surface area (Å²) in [5.74, 6) is 0.233. The third-order valence-electron chi connectivity index (χ3n) is 3.29. The number of hydrogen-bond donors (Lipinski definition) is 0. The molecule has 0 saturated carbocycles. The monoisotopic (exact) mass is 358 g/mol. The number of Topliss-reactive ketones (excluding diaryl/α,β-unsaturated/α-hetero) is 1. The molecular weight excluding hydrogens is 347 g/mol. The first kappa shape index (κ1) is 16.4. The molecule has 0 bridgehead atoms. The Morgan fingerprint density at radius 3 is 2.12 bits per heavy atom. The van der Waals surface area contributed by atoms with Gasteiger partial charge in [-0.15, -0.1) is 0 Å². The Bertz CT molecular complexity index is 822. The Kier molecular flexibility index (Phi) is 5.08. The number of nitrogens with zero attached hydrogens (tertiary/aromatic N) is 2. The van der Waals surface area contributed by atoms with E-state index in [9.17, 15) is 4.79 Å². The standard InChI is InChI=1S/C18H12Cl2N2O2/c19-13-3-1-12(2-4-13)18(17(23)16-11-21-9-10-22-16)24-15-7-5-14(20)6-8-15/h1-11,18H. The first-order valence-corrected chi connectivity index (χ1v) is 7.87. The number of aromatic nitrogens is 2. The van der Waals surface area contributed by atoms with Gasteiger partial charge in [0, 0.05) is 28.0 Å².